The van der Waals surface area contributed by atoms with Gasteiger partial charge in [0, 0.05) is 0 Å². The Labute approximate surface area is 111 Å². The monoisotopic (exact) mass is 247 g/mol. The van der Waals surface area contributed by atoms with Crippen LogP contribution in [0.25, 0.3) is 0 Å². The molecule has 1 aliphatic heterocycles. The predicted molar refractivity (Wildman–Crippen MR) is 75.6 cm³/mol. The quantitative estimate of drug-likeness (QED) is 0.747. The number of ether oxygens (including phenoxy) is 1. The third-order valence-electron chi connectivity index (χ3n) is 3.78. The summed E-state index contributed by atoms with van der Waals surface area (Å²) in [5, 5.41) is 3.39. The van der Waals surface area contributed by atoms with E-state index >= 15 is 0 Å². The van der Waals surface area contributed by atoms with E-state index < -0.39 is 0 Å². The van der Waals surface area contributed by atoms with Crippen molar-refractivity contribution in [1.29, 1.82) is 0 Å². The van der Waals surface area contributed by atoms with Crippen LogP contribution in [0.2, 0.25) is 0 Å². The zero-order valence-corrected chi connectivity index (χ0v) is 11.7. The Morgan fingerprint density at radius 2 is 2.06 bits per heavy atom. The van der Waals surface area contributed by atoms with Crippen molar-refractivity contribution in [3.05, 3.63) is 34.9 Å². The van der Waals surface area contributed by atoms with E-state index in [4.69, 9.17) is 4.74 Å². The van der Waals surface area contributed by atoms with Gasteiger partial charge in [-0.1, -0.05) is 32.0 Å². The molecule has 1 unspecified atom stereocenters. The molecular weight excluding hydrogens is 222 g/mol. The molecule has 18 heavy (non-hydrogen) atoms. The molecule has 100 valence electrons. The summed E-state index contributed by atoms with van der Waals surface area (Å²) in [6.45, 7) is 8.35. The molecule has 0 fully saturated rings. The summed E-state index contributed by atoms with van der Waals surface area (Å²) < 4.78 is 5.45. The van der Waals surface area contributed by atoms with Gasteiger partial charge < -0.3 is 10.1 Å². The zero-order chi connectivity index (χ0) is 12.8. The van der Waals surface area contributed by atoms with Crippen molar-refractivity contribution < 1.29 is 4.74 Å². The van der Waals surface area contributed by atoms with Crippen molar-refractivity contribution in [1.82, 2.24) is 5.32 Å². The molecule has 0 amide bonds. The maximum absolute atomic E-state index is 5.45. The molecule has 1 heterocycles. The van der Waals surface area contributed by atoms with Gasteiger partial charge in [-0.25, -0.2) is 0 Å². The highest BCUT2D eigenvalue weighted by molar-refractivity contribution is 5.33. The lowest BCUT2D eigenvalue weighted by Crippen LogP contribution is -2.16. The van der Waals surface area contributed by atoms with E-state index in [0.29, 0.717) is 0 Å². The number of fused-ring (bicyclic) bond motifs is 1. The highest BCUT2D eigenvalue weighted by Crippen LogP contribution is 2.22. The summed E-state index contributed by atoms with van der Waals surface area (Å²) in [5.41, 5.74) is 4.24. The highest BCUT2D eigenvalue weighted by atomic mass is 16.5. The van der Waals surface area contributed by atoms with Gasteiger partial charge in [0.15, 0.2) is 0 Å². The first-order valence-corrected chi connectivity index (χ1v) is 7.18. The molecule has 0 spiro atoms. The summed E-state index contributed by atoms with van der Waals surface area (Å²) in [6.07, 6.45) is 3.76. The minimum Gasteiger partial charge on any atom is -0.372 e. The Bertz CT molecular complexity index is 375. The van der Waals surface area contributed by atoms with E-state index in [-0.39, 0.29) is 0 Å². The van der Waals surface area contributed by atoms with Crippen molar-refractivity contribution >= 4 is 0 Å². The van der Waals surface area contributed by atoms with Gasteiger partial charge in [0.1, 0.15) is 0 Å². The maximum Gasteiger partial charge on any atom is 0.0725 e. The molecule has 1 aromatic carbocycles. The molecule has 1 N–H and O–H groups in total. The number of nitrogens with one attached hydrogen (secondary N) is 1. The van der Waals surface area contributed by atoms with Gasteiger partial charge in [-0.15, -0.1) is 0 Å². The smallest absolute Gasteiger partial charge is 0.0725 e. The normalized spacial score (nSPS) is 15.7. The van der Waals surface area contributed by atoms with Crippen LogP contribution in [0.15, 0.2) is 18.2 Å². The van der Waals surface area contributed by atoms with Crippen LogP contribution in [0.4, 0.5) is 0 Å². The van der Waals surface area contributed by atoms with Gasteiger partial charge in [0.2, 0.25) is 0 Å². The fourth-order valence-electron chi connectivity index (χ4n) is 2.46. The second-order valence-corrected chi connectivity index (χ2v) is 5.38. The molecule has 1 aromatic rings. The Morgan fingerprint density at radius 3 is 2.89 bits per heavy atom. The van der Waals surface area contributed by atoms with E-state index in [1.807, 2.05) is 0 Å². The van der Waals surface area contributed by atoms with Crippen LogP contribution in [0.3, 0.4) is 0 Å². The second-order valence-electron chi connectivity index (χ2n) is 5.38. The van der Waals surface area contributed by atoms with Crippen molar-refractivity contribution in [3.8, 4) is 0 Å². The standard InChI is InChI=1S/C16H25NO/c1-3-17-9-8-13(2)4-5-14-6-7-15-11-18-12-16(15)10-14/h6-7,10,13,17H,3-5,8-9,11-12H2,1-2H3. The number of aryl methyl sites for hydroxylation is 1. The van der Waals surface area contributed by atoms with Crippen LogP contribution < -0.4 is 5.32 Å². The third kappa shape index (κ3) is 3.82. The van der Waals surface area contributed by atoms with Crippen molar-refractivity contribution in [2.24, 2.45) is 5.92 Å². The van der Waals surface area contributed by atoms with Crippen LogP contribution in [-0.4, -0.2) is 13.1 Å². The topological polar surface area (TPSA) is 21.3 Å². The predicted octanol–water partition coefficient (Wildman–Crippen LogP) is 3.29. The van der Waals surface area contributed by atoms with Crippen LogP contribution in [0, 0.1) is 5.92 Å². The minimum absolute atomic E-state index is 0.800. The van der Waals surface area contributed by atoms with Crippen LogP contribution in [0.1, 0.15) is 43.4 Å². The van der Waals surface area contributed by atoms with Crippen molar-refractivity contribution in [2.75, 3.05) is 13.1 Å². The van der Waals surface area contributed by atoms with Gasteiger partial charge in [0.25, 0.3) is 0 Å². The lowest BCUT2D eigenvalue weighted by molar-refractivity contribution is 0.134. The average Bonchev–Trinajstić information content (AvgIpc) is 2.84. The molecule has 0 saturated heterocycles. The Kier molecular flexibility index (Phi) is 5.21. The van der Waals surface area contributed by atoms with E-state index in [0.717, 1.165) is 32.2 Å². The summed E-state index contributed by atoms with van der Waals surface area (Å²) in [4.78, 5) is 0. The Morgan fingerprint density at radius 1 is 1.22 bits per heavy atom. The van der Waals surface area contributed by atoms with Crippen LogP contribution in [-0.2, 0) is 24.4 Å². The van der Waals surface area contributed by atoms with Crippen molar-refractivity contribution in [2.45, 2.75) is 46.3 Å². The summed E-state index contributed by atoms with van der Waals surface area (Å²) >= 11 is 0. The second kappa shape index (κ2) is 6.91. The highest BCUT2D eigenvalue weighted by Gasteiger charge is 2.11. The first-order chi connectivity index (χ1) is 8.79. The maximum atomic E-state index is 5.45. The van der Waals surface area contributed by atoms with E-state index in [1.165, 1.54) is 36.0 Å². The average molecular weight is 247 g/mol. The van der Waals surface area contributed by atoms with Crippen LogP contribution >= 0.6 is 0 Å². The summed E-state index contributed by atoms with van der Waals surface area (Å²) in [6, 6.07) is 6.84. The number of rotatable bonds is 7. The van der Waals surface area contributed by atoms with Gasteiger partial charge in [-0.3, -0.25) is 0 Å². The largest absolute Gasteiger partial charge is 0.372 e. The fourth-order valence-corrected chi connectivity index (χ4v) is 2.46. The molecule has 0 aromatic heterocycles. The molecule has 2 rings (SSSR count). The van der Waals surface area contributed by atoms with Gasteiger partial charge in [-0.05, 0) is 55.0 Å². The minimum atomic E-state index is 0.800. The zero-order valence-electron chi connectivity index (χ0n) is 11.7. The molecular formula is C16H25NO. The van der Waals surface area contributed by atoms with E-state index in [9.17, 15) is 0 Å². The first-order valence-electron chi connectivity index (χ1n) is 7.18. The van der Waals surface area contributed by atoms with E-state index in [1.54, 1.807) is 0 Å². The molecule has 2 heteroatoms. The molecule has 1 atom stereocenters. The Hall–Kier alpha value is -0.860. The number of hydrogen-bond acceptors (Lipinski definition) is 2. The van der Waals surface area contributed by atoms with E-state index in [2.05, 4.69) is 37.4 Å². The lowest BCUT2D eigenvalue weighted by Gasteiger charge is -2.12. The molecule has 1 aliphatic rings. The van der Waals surface area contributed by atoms with Gasteiger partial charge in [-0.2, -0.15) is 0 Å². The van der Waals surface area contributed by atoms with Gasteiger partial charge >= 0.3 is 0 Å². The third-order valence-corrected chi connectivity index (χ3v) is 3.78. The Balaban J connectivity index is 1.76. The lowest BCUT2D eigenvalue weighted by atomic mass is 9.96. The molecule has 0 bridgehead atoms. The molecule has 0 aliphatic carbocycles. The van der Waals surface area contributed by atoms with Gasteiger partial charge in [0.05, 0.1) is 13.2 Å². The molecule has 0 radical (unpaired) electrons. The van der Waals surface area contributed by atoms with Crippen LogP contribution in [0.5, 0.6) is 0 Å². The number of benzene rings is 1. The van der Waals surface area contributed by atoms with Crippen molar-refractivity contribution in [3.63, 3.8) is 0 Å². The SMILES string of the molecule is CCNCCC(C)CCc1ccc2c(c1)COC2. The molecule has 0 saturated carbocycles. The first kappa shape index (κ1) is 13.6. The fraction of sp³-hybridized carbons (Fsp3) is 0.625. The molecule has 2 nitrogen and oxygen atoms in total. The summed E-state index contributed by atoms with van der Waals surface area (Å²) in [7, 11) is 0. The summed E-state index contributed by atoms with van der Waals surface area (Å²) in [5.74, 6) is 0.800. The number of hydrogen-bond donors (Lipinski definition) is 1.